The molecule has 0 aliphatic carbocycles. The Morgan fingerprint density at radius 2 is 1.96 bits per heavy atom. The molecule has 0 atom stereocenters. The zero-order valence-corrected chi connectivity index (χ0v) is 17.4. The van der Waals surface area contributed by atoms with E-state index in [2.05, 4.69) is 38.5 Å². The molecular formula is C20H27N5O2S. The molecule has 0 bridgehead atoms. The lowest BCUT2D eigenvalue weighted by atomic mass is 10.2. The van der Waals surface area contributed by atoms with E-state index < -0.39 is 5.60 Å². The van der Waals surface area contributed by atoms with E-state index in [9.17, 15) is 4.79 Å². The molecule has 0 unspecified atom stereocenters. The molecule has 0 saturated carbocycles. The van der Waals surface area contributed by atoms with Crippen LogP contribution in [0.2, 0.25) is 0 Å². The summed E-state index contributed by atoms with van der Waals surface area (Å²) in [6.07, 6.45) is 3.34. The highest BCUT2D eigenvalue weighted by atomic mass is 32.2. The minimum Gasteiger partial charge on any atom is -0.444 e. The molecule has 2 heterocycles. The molecule has 2 aromatic rings. The number of benzene rings is 1. The van der Waals surface area contributed by atoms with Gasteiger partial charge in [-0.15, -0.1) is 10.2 Å². The van der Waals surface area contributed by atoms with E-state index in [4.69, 9.17) is 4.74 Å². The molecular weight excluding hydrogens is 374 g/mol. The number of carbonyl (C=O) groups is 1. The van der Waals surface area contributed by atoms with Gasteiger partial charge in [0.15, 0.2) is 5.82 Å². The van der Waals surface area contributed by atoms with E-state index in [0.717, 1.165) is 47.9 Å². The number of ether oxygens (including phenoxy) is 1. The van der Waals surface area contributed by atoms with Gasteiger partial charge in [0.1, 0.15) is 5.60 Å². The van der Waals surface area contributed by atoms with E-state index in [0.29, 0.717) is 6.54 Å². The van der Waals surface area contributed by atoms with Gasteiger partial charge in [-0.1, -0.05) is 48.5 Å². The van der Waals surface area contributed by atoms with Gasteiger partial charge >= 0.3 is 6.09 Å². The fourth-order valence-corrected chi connectivity index (χ4v) is 3.51. The van der Waals surface area contributed by atoms with Crippen molar-refractivity contribution in [2.45, 2.75) is 57.2 Å². The molecule has 2 N–H and O–H groups in total. The predicted octanol–water partition coefficient (Wildman–Crippen LogP) is 4.16. The smallest absolute Gasteiger partial charge is 0.407 e. The standard InChI is InChI=1S/C20H27N5O2S/c1-20(2,3)27-19(26)21-13-9-5-8-12-17-22-23-18-25(17)24-16(14-28-18)15-10-6-4-7-11-15/h4,6-7,10-11,14,24H,5,8-9,12-13H2,1-3H3,(H,21,26). The summed E-state index contributed by atoms with van der Waals surface area (Å²) >= 11 is 1.57. The molecule has 0 spiro atoms. The number of aryl methyl sites for hydroxylation is 1. The molecule has 1 aromatic carbocycles. The predicted molar refractivity (Wildman–Crippen MR) is 111 cm³/mol. The molecule has 28 heavy (non-hydrogen) atoms. The fourth-order valence-electron chi connectivity index (χ4n) is 2.75. The number of aromatic nitrogens is 3. The number of nitrogens with one attached hydrogen (secondary N) is 2. The number of carbonyl (C=O) groups excluding carboxylic acids is 1. The molecule has 1 amide bonds. The Labute approximate surface area is 169 Å². The summed E-state index contributed by atoms with van der Waals surface area (Å²) in [4.78, 5) is 11.6. The van der Waals surface area contributed by atoms with E-state index in [1.54, 1.807) is 11.8 Å². The first kappa shape index (κ1) is 20.3. The molecule has 7 nitrogen and oxygen atoms in total. The maximum absolute atomic E-state index is 11.6. The summed E-state index contributed by atoms with van der Waals surface area (Å²) in [5.41, 5.74) is 5.12. The maximum atomic E-state index is 11.6. The summed E-state index contributed by atoms with van der Waals surface area (Å²) < 4.78 is 7.19. The Morgan fingerprint density at radius 3 is 2.71 bits per heavy atom. The second-order valence-electron chi connectivity index (χ2n) is 7.60. The Balaban J connectivity index is 1.42. The lowest BCUT2D eigenvalue weighted by Crippen LogP contribution is -2.33. The largest absolute Gasteiger partial charge is 0.444 e. The molecule has 150 valence electrons. The number of thioether (sulfide) groups is 1. The summed E-state index contributed by atoms with van der Waals surface area (Å²) in [6, 6.07) is 10.2. The van der Waals surface area contributed by atoms with Gasteiger partial charge < -0.3 is 10.1 Å². The van der Waals surface area contributed by atoms with Crippen molar-refractivity contribution in [3.8, 4) is 0 Å². The van der Waals surface area contributed by atoms with E-state index in [1.807, 2.05) is 43.6 Å². The van der Waals surface area contributed by atoms with Crippen LogP contribution in [-0.4, -0.2) is 33.1 Å². The van der Waals surface area contributed by atoms with Crippen LogP contribution in [0.4, 0.5) is 4.79 Å². The number of rotatable bonds is 7. The van der Waals surface area contributed by atoms with Gasteiger partial charge in [0.2, 0.25) is 5.16 Å². The second-order valence-corrected chi connectivity index (χ2v) is 8.44. The van der Waals surface area contributed by atoms with Gasteiger partial charge in [-0.2, -0.15) is 0 Å². The van der Waals surface area contributed by atoms with Gasteiger partial charge in [-0.3, -0.25) is 5.43 Å². The summed E-state index contributed by atoms with van der Waals surface area (Å²) in [5, 5.41) is 14.3. The third kappa shape index (κ3) is 5.76. The number of hydrogen-bond acceptors (Lipinski definition) is 6. The van der Waals surface area contributed by atoms with Crippen molar-refractivity contribution in [2.24, 2.45) is 0 Å². The number of nitrogens with zero attached hydrogens (tertiary/aromatic N) is 3. The second kappa shape index (κ2) is 9.14. The molecule has 3 rings (SSSR count). The van der Waals surface area contributed by atoms with Crippen molar-refractivity contribution in [2.75, 3.05) is 12.0 Å². The van der Waals surface area contributed by atoms with Crippen LogP contribution in [0.5, 0.6) is 0 Å². The molecule has 1 aromatic heterocycles. The Kier molecular flexibility index (Phi) is 6.61. The average Bonchev–Trinajstić information content (AvgIpc) is 3.06. The lowest BCUT2D eigenvalue weighted by molar-refractivity contribution is 0.0527. The monoisotopic (exact) mass is 401 g/mol. The van der Waals surface area contributed by atoms with Gasteiger partial charge in [0.25, 0.3) is 0 Å². The van der Waals surface area contributed by atoms with Gasteiger partial charge in [0.05, 0.1) is 5.70 Å². The highest BCUT2D eigenvalue weighted by Gasteiger charge is 2.18. The number of fused-ring (bicyclic) bond motifs is 1. The van der Waals surface area contributed by atoms with Crippen LogP contribution in [0.1, 0.15) is 51.4 Å². The fraction of sp³-hybridized carbons (Fsp3) is 0.450. The highest BCUT2D eigenvalue weighted by Crippen LogP contribution is 2.28. The summed E-state index contributed by atoms with van der Waals surface area (Å²) in [6.45, 7) is 6.19. The average molecular weight is 402 g/mol. The highest BCUT2D eigenvalue weighted by molar-refractivity contribution is 8.02. The number of alkyl carbamates (subject to hydrolysis) is 1. The third-order valence-electron chi connectivity index (χ3n) is 4.04. The van der Waals surface area contributed by atoms with Crippen molar-refractivity contribution in [1.82, 2.24) is 20.2 Å². The van der Waals surface area contributed by atoms with Crippen LogP contribution in [0, 0.1) is 0 Å². The molecule has 1 aliphatic rings. The SMILES string of the molecule is CC(C)(C)OC(=O)NCCCCCc1nnc2n1NC(c1ccccc1)=CS2. The van der Waals surface area contributed by atoms with Crippen LogP contribution >= 0.6 is 11.8 Å². The van der Waals surface area contributed by atoms with Crippen molar-refractivity contribution < 1.29 is 9.53 Å². The zero-order chi connectivity index (χ0) is 20.0. The maximum Gasteiger partial charge on any atom is 0.407 e. The molecule has 0 fully saturated rings. The van der Waals surface area contributed by atoms with Crippen molar-refractivity contribution >= 4 is 23.6 Å². The normalized spacial score (nSPS) is 13.3. The van der Waals surface area contributed by atoms with E-state index in [1.165, 1.54) is 0 Å². The first-order valence-corrected chi connectivity index (χ1v) is 10.4. The van der Waals surface area contributed by atoms with Gasteiger partial charge in [-0.05, 0) is 39.2 Å². The molecule has 0 saturated heterocycles. The Morgan fingerprint density at radius 1 is 1.18 bits per heavy atom. The summed E-state index contributed by atoms with van der Waals surface area (Å²) in [5.74, 6) is 0.920. The minimum atomic E-state index is -0.463. The quantitative estimate of drug-likeness (QED) is 0.678. The summed E-state index contributed by atoms with van der Waals surface area (Å²) in [7, 11) is 0. The van der Waals surface area contributed by atoms with Crippen molar-refractivity contribution in [3.05, 3.63) is 47.1 Å². The van der Waals surface area contributed by atoms with Crippen LogP contribution in [0.25, 0.3) is 5.70 Å². The van der Waals surface area contributed by atoms with Crippen LogP contribution < -0.4 is 10.7 Å². The van der Waals surface area contributed by atoms with Crippen LogP contribution in [0.3, 0.4) is 0 Å². The molecule has 0 radical (unpaired) electrons. The first-order valence-electron chi connectivity index (χ1n) is 9.53. The minimum absolute atomic E-state index is 0.361. The number of unbranched alkanes of at least 4 members (excludes halogenated alkanes) is 2. The van der Waals surface area contributed by atoms with Gasteiger partial charge in [-0.25, -0.2) is 9.47 Å². The van der Waals surface area contributed by atoms with Crippen molar-refractivity contribution in [3.63, 3.8) is 0 Å². The Bertz CT molecular complexity index is 827. The number of amides is 1. The first-order chi connectivity index (χ1) is 13.4. The van der Waals surface area contributed by atoms with Crippen molar-refractivity contribution in [1.29, 1.82) is 0 Å². The van der Waals surface area contributed by atoms with Crippen LogP contribution in [-0.2, 0) is 11.2 Å². The van der Waals surface area contributed by atoms with E-state index >= 15 is 0 Å². The van der Waals surface area contributed by atoms with Gasteiger partial charge in [0, 0.05) is 18.4 Å². The third-order valence-corrected chi connectivity index (χ3v) is 4.87. The molecule has 8 heteroatoms. The lowest BCUT2D eigenvalue weighted by Gasteiger charge is -2.19. The van der Waals surface area contributed by atoms with Crippen LogP contribution in [0.15, 0.2) is 40.9 Å². The zero-order valence-electron chi connectivity index (χ0n) is 16.6. The topological polar surface area (TPSA) is 81.1 Å². The number of hydrogen-bond donors (Lipinski definition) is 2. The Hall–Kier alpha value is -2.48. The van der Waals surface area contributed by atoms with E-state index in [-0.39, 0.29) is 6.09 Å². The molecule has 1 aliphatic heterocycles.